The SMILES string of the molecule is CN/C1=C(\C=N)NC(=O)C(C)CCCC(n2cnc(-c3cc(Cl)ccc3N(N)/C=C(\N)C3CC3)cc2=O)c2cc1ccn2. The molecular formula is C31H36ClN9O2. The first-order chi connectivity index (χ1) is 20.7. The van der Waals surface area contributed by atoms with Crippen molar-refractivity contribution in [2.24, 2.45) is 23.4 Å². The monoisotopic (exact) mass is 601 g/mol. The molecule has 1 aromatic carbocycles. The molecule has 2 unspecified atom stereocenters. The summed E-state index contributed by atoms with van der Waals surface area (Å²) in [4.78, 5) is 35.9. The van der Waals surface area contributed by atoms with Crippen LogP contribution in [-0.4, -0.2) is 33.7 Å². The predicted octanol–water partition coefficient (Wildman–Crippen LogP) is 3.91. The van der Waals surface area contributed by atoms with Gasteiger partial charge >= 0.3 is 0 Å². The number of benzene rings is 1. The van der Waals surface area contributed by atoms with Gasteiger partial charge in [-0.25, -0.2) is 10.8 Å². The van der Waals surface area contributed by atoms with Crippen LogP contribution in [0.1, 0.15) is 56.3 Å². The van der Waals surface area contributed by atoms with E-state index in [1.54, 1.807) is 48.3 Å². The largest absolute Gasteiger partial charge is 0.401 e. The van der Waals surface area contributed by atoms with Crippen molar-refractivity contribution in [3.8, 4) is 11.3 Å². The Bertz CT molecular complexity index is 1660. The van der Waals surface area contributed by atoms with Gasteiger partial charge in [0.05, 0.1) is 40.8 Å². The van der Waals surface area contributed by atoms with Gasteiger partial charge in [-0.2, -0.15) is 0 Å². The summed E-state index contributed by atoms with van der Waals surface area (Å²) in [6.45, 7) is 1.85. The van der Waals surface area contributed by atoms with Crippen LogP contribution >= 0.6 is 11.6 Å². The van der Waals surface area contributed by atoms with Crippen molar-refractivity contribution in [2.45, 2.75) is 45.1 Å². The van der Waals surface area contributed by atoms with Gasteiger partial charge < -0.3 is 21.8 Å². The van der Waals surface area contributed by atoms with Crippen molar-refractivity contribution in [3.05, 3.63) is 93.2 Å². The maximum Gasteiger partial charge on any atom is 0.254 e. The molecule has 0 spiro atoms. The fraction of sp³-hybridized carbons (Fsp3) is 0.323. The molecule has 3 aromatic rings. The molecule has 11 nitrogen and oxygen atoms in total. The molecule has 2 aliphatic rings. The van der Waals surface area contributed by atoms with Crippen LogP contribution in [0.3, 0.4) is 0 Å². The standard InChI is InChI=1S/C31H36ClN9O2/c1-18-4-3-5-28(25-12-20(10-11-37-25)30(36-2)26(15-33)39-31(18)43)40-17-38-24(14-29(40)42)22-13-21(32)8-9-27(22)41(35)16-23(34)19-6-7-19/h8-19,28,33,36H,3-7,34-35H2,1-2H3,(H,39,43)/b23-16-,30-26+,33-15?. The second-order valence-electron chi connectivity index (χ2n) is 11.0. The van der Waals surface area contributed by atoms with Crippen molar-refractivity contribution in [3.63, 3.8) is 0 Å². The van der Waals surface area contributed by atoms with Crippen LogP contribution in [-0.2, 0) is 4.79 Å². The smallest absolute Gasteiger partial charge is 0.254 e. The number of hydrogen-bond acceptors (Lipinski definition) is 9. The number of nitrogens with zero attached hydrogens (tertiary/aromatic N) is 4. The molecule has 43 heavy (non-hydrogen) atoms. The lowest BCUT2D eigenvalue weighted by atomic mass is 9.96. The van der Waals surface area contributed by atoms with Crippen LogP contribution in [0.5, 0.6) is 0 Å². The lowest BCUT2D eigenvalue weighted by Crippen LogP contribution is -2.32. The van der Waals surface area contributed by atoms with Gasteiger partial charge in [0.2, 0.25) is 5.91 Å². The van der Waals surface area contributed by atoms with E-state index in [0.29, 0.717) is 69.9 Å². The van der Waals surface area contributed by atoms with Crippen LogP contribution in [0, 0.1) is 17.2 Å². The average Bonchev–Trinajstić information content (AvgIpc) is 3.85. The number of hydrogen-bond donors (Lipinski definition) is 5. The number of fused-ring (bicyclic) bond motifs is 2. The summed E-state index contributed by atoms with van der Waals surface area (Å²) in [7, 11) is 1.73. The molecule has 1 aliphatic carbocycles. The zero-order chi connectivity index (χ0) is 30.7. The molecule has 2 aromatic heterocycles. The lowest BCUT2D eigenvalue weighted by Gasteiger charge is -2.23. The number of aromatic nitrogens is 3. The third kappa shape index (κ3) is 6.63. The van der Waals surface area contributed by atoms with Gasteiger partial charge in [0, 0.05) is 65.4 Å². The molecule has 5 rings (SSSR count). The second kappa shape index (κ2) is 12.8. The van der Waals surface area contributed by atoms with Crippen LogP contribution in [0.25, 0.3) is 17.0 Å². The molecule has 224 valence electrons. The molecule has 0 radical (unpaired) electrons. The van der Waals surface area contributed by atoms with Crippen LogP contribution in [0.15, 0.2) is 71.3 Å². The number of anilines is 1. The van der Waals surface area contributed by atoms with E-state index in [-0.39, 0.29) is 17.4 Å². The minimum atomic E-state index is -0.434. The fourth-order valence-electron chi connectivity index (χ4n) is 5.31. The van der Waals surface area contributed by atoms with Crippen LogP contribution < -0.4 is 32.8 Å². The van der Waals surface area contributed by atoms with Gasteiger partial charge in [-0.1, -0.05) is 24.9 Å². The second-order valence-corrected chi connectivity index (χ2v) is 11.4. The molecule has 7 N–H and O–H groups in total. The number of rotatable bonds is 7. The quantitative estimate of drug-likeness (QED) is 0.154. The minimum Gasteiger partial charge on any atom is -0.401 e. The van der Waals surface area contributed by atoms with Gasteiger partial charge in [0.1, 0.15) is 0 Å². The first-order valence-corrected chi connectivity index (χ1v) is 14.7. The molecule has 1 amide bonds. The average molecular weight is 602 g/mol. The Hall–Kier alpha value is -4.48. The van der Waals surface area contributed by atoms with Gasteiger partial charge in [-0.3, -0.25) is 24.1 Å². The van der Waals surface area contributed by atoms with Gasteiger partial charge in [-0.05, 0) is 56.0 Å². The number of nitrogens with one attached hydrogen (secondary N) is 3. The topological polar surface area (TPSA) is 168 Å². The highest BCUT2D eigenvalue weighted by molar-refractivity contribution is 6.31. The Labute approximate surface area is 255 Å². The highest BCUT2D eigenvalue weighted by Gasteiger charge is 2.26. The Morgan fingerprint density at radius 1 is 1.16 bits per heavy atom. The minimum absolute atomic E-state index is 0.166. The summed E-state index contributed by atoms with van der Waals surface area (Å²) in [6.07, 6.45) is 9.93. The Morgan fingerprint density at radius 2 is 1.95 bits per heavy atom. The molecule has 1 aliphatic heterocycles. The summed E-state index contributed by atoms with van der Waals surface area (Å²) >= 11 is 6.35. The van der Waals surface area contributed by atoms with E-state index in [1.807, 2.05) is 13.0 Å². The Morgan fingerprint density at radius 3 is 2.65 bits per heavy atom. The van der Waals surface area contributed by atoms with Crippen molar-refractivity contribution in [1.82, 2.24) is 25.2 Å². The van der Waals surface area contributed by atoms with E-state index in [0.717, 1.165) is 24.6 Å². The van der Waals surface area contributed by atoms with Gasteiger partial charge in [0.15, 0.2) is 0 Å². The molecule has 12 heteroatoms. The van der Waals surface area contributed by atoms with Gasteiger partial charge in [-0.15, -0.1) is 0 Å². The summed E-state index contributed by atoms with van der Waals surface area (Å²) in [5.74, 6) is 6.27. The summed E-state index contributed by atoms with van der Waals surface area (Å²) < 4.78 is 1.57. The maximum atomic E-state index is 13.7. The first-order valence-electron chi connectivity index (χ1n) is 14.3. The highest BCUT2D eigenvalue weighted by atomic mass is 35.5. The third-order valence-corrected chi connectivity index (χ3v) is 8.15. The molecule has 3 heterocycles. The maximum absolute atomic E-state index is 13.7. The predicted molar refractivity (Wildman–Crippen MR) is 169 cm³/mol. The van der Waals surface area contributed by atoms with Gasteiger partial charge in [0.25, 0.3) is 5.56 Å². The Kier molecular flexibility index (Phi) is 8.93. The summed E-state index contributed by atoms with van der Waals surface area (Å²) in [5.41, 5.74) is 10.6. The molecule has 2 atom stereocenters. The van der Waals surface area contributed by atoms with Crippen molar-refractivity contribution in [2.75, 3.05) is 12.1 Å². The highest BCUT2D eigenvalue weighted by Crippen LogP contribution is 2.36. The number of carbonyl (C=O) groups is 1. The number of allylic oxidation sites excluding steroid dienone is 2. The first kappa shape index (κ1) is 30.0. The number of halogens is 1. The van der Waals surface area contributed by atoms with Crippen molar-refractivity contribution >= 4 is 35.1 Å². The van der Waals surface area contributed by atoms with E-state index < -0.39 is 6.04 Å². The number of nitrogens with two attached hydrogens (primary N) is 2. The molecule has 1 saturated carbocycles. The zero-order valence-corrected chi connectivity index (χ0v) is 24.9. The molecule has 1 fully saturated rings. The van der Waals surface area contributed by atoms with E-state index in [9.17, 15) is 9.59 Å². The van der Waals surface area contributed by atoms with Crippen molar-refractivity contribution in [1.29, 1.82) is 5.41 Å². The van der Waals surface area contributed by atoms with E-state index in [4.69, 9.17) is 28.6 Å². The number of carbonyl (C=O) groups excluding carboxylic acids is 1. The summed E-state index contributed by atoms with van der Waals surface area (Å²) in [5, 5.41) is 15.8. The summed E-state index contributed by atoms with van der Waals surface area (Å²) in [6, 6.07) is 9.93. The van der Waals surface area contributed by atoms with E-state index in [1.165, 1.54) is 17.4 Å². The molecular weight excluding hydrogens is 566 g/mol. The van der Waals surface area contributed by atoms with Crippen LogP contribution in [0.2, 0.25) is 5.02 Å². The van der Waals surface area contributed by atoms with E-state index in [2.05, 4.69) is 20.6 Å². The zero-order valence-electron chi connectivity index (χ0n) is 24.2. The number of hydrazine groups is 1. The third-order valence-electron chi connectivity index (χ3n) is 7.92. The number of amides is 1. The lowest BCUT2D eigenvalue weighted by molar-refractivity contribution is -0.123. The number of pyridine rings is 1. The van der Waals surface area contributed by atoms with Crippen LogP contribution in [0.4, 0.5) is 5.69 Å². The normalized spacial score (nSPS) is 21.3. The molecule has 2 bridgehead atoms. The van der Waals surface area contributed by atoms with E-state index >= 15 is 0 Å². The molecule has 0 saturated heterocycles. The fourth-order valence-corrected chi connectivity index (χ4v) is 5.48. The van der Waals surface area contributed by atoms with Crippen molar-refractivity contribution < 1.29 is 4.79 Å². The Balaban J connectivity index is 1.56.